The van der Waals surface area contributed by atoms with Gasteiger partial charge >= 0.3 is 5.97 Å². The number of aliphatic hydroxyl groups is 2. The maximum atomic E-state index is 11.1. The molecule has 0 aliphatic rings. The first-order valence-electron chi connectivity index (χ1n) is 6.93. The zero-order chi connectivity index (χ0) is 15.6. The van der Waals surface area contributed by atoms with Crippen molar-refractivity contribution in [2.45, 2.75) is 32.2 Å². The molecule has 1 aromatic heterocycles. The number of hydrogen-bond acceptors (Lipinski definition) is 4. The van der Waals surface area contributed by atoms with E-state index in [2.05, 4.69) is 4.98 Å². The van der Waals surface area contributed by atoms with Crippen molar-refractivity contribution in [3.63, 3.8) is 0 Å². The van der Waals surface area contributed by atoms with Gasteiger partial charge in [-0.1, -0.05) is 6.92 Å². The van der Waals surface area contributed by atoms with Crippen molar-refractivity contribution in [2.75, 3.05) is 13.2 Å². The van der Waals surface area contributed by atoms with Crippen LogP contribution in [0.1, 0.15) is 36.5 Å². The van der Waals surface area contributed by atoms with Crippen molar-refractivity contribution in [1.29, 1.82) is 0 Å². The summed E-state index contributed by atoms with van der Waals surface area (Å²) in [5.41, 5.74) is 0.578. The Morgan fingerprint density at radius 2 is 2.00 bits per heavy atom. The van der Waals surface area contributed by atoms with E-state index in [1.165, 1.54) is 12.1 Å². The summed E-state index contributed by atoms with van der Waals surface area (Å²) >= 11 is 0. The monoisotopic (exact) mass is 292 g/mol. The normalized spacial score (nSPS) is 12.0. The van der Waals surface area contributed by atoms with Crippen LogP contribution in [0.3, 0.4) is 0 Å². The van der Waals surface area contributed by atoms with Crippen LogP contribution in [0, 0.1) is 0 Å². The second-order valence-electron chi connectivity index (χ2n) is 5.44. The number of aliphatic hydroxyl groups excluding tert-OH is 2. The number of fused-ring (bicyclic) bond motifs is 1. The minimum atomic E-state index is -1.00. The first kappa shape index (κ1) is 15.5. The van der Waals surface area contributed by atoms with Gasteiger partial charge in [0.25, 0.3) is 0 Å². The van der Waals surface area contributed by atoms with E-state index >= 15 is 0 Å². The second-order valence-corrected chi connectivity index (χ2v) is 5.44. The van der Waals surface area contributed by atoms with Crippen LogP contribution in [-0.2, 0) is 12.0 Å². The van der Waals surface area contributed by atoms with Crippen LogP contribution in [0.2, 0.25) is 0 Å². The lowest BCUT2D eigenvalue weighted by Gasteiger charge is -2.29. The Labute approximate surface area is 122 Å². The molecule has 114 valence electrons. The fraction of sp³-hybridized carbons (Fsp3) is 0.467. The number of aromatic carboxylic acids is 1. The quantitative estimate of drug-likeness (QED) is 0.747. The van der Waals surface area contributed by atoms with Crippen molar-refractivity contribution in [2.24, 2.45) is 0 Å². The third-order valence-corrected chi connectivity index (χ3v) is 3.67. The summed E-state index contributed by atoms with van der Waals surface area (Å²) in [5, 5.41) is 28.4. The number of hydrogen-bond donors (Lipinski definition) is 3. The zero-order valence-electron chi connectivity index (χ0n) is 12.2. The highest BCUT2D eigenvalue weighted by atomic mass is 16.4. The third-order valence-electron chi connectivity index (χ3n) is 3.67. The minimum Gasteiger partial charge on any atom is -0.478 e. The molecule has 0 unspecified atom stereocenters. The van der Waals surface area contributed by atoms with Crippen molar-refractivity contribution in [3.05, 3.63) is 29.6 Å². The van der Waals surface area contributed by atoms with E-state index in [-0.39, 0.29) is 18.8 Å². The number of imidazole rings is 1. The lowest BCUT2D eigenvalue weighted by atomic mass is 10.0. The number of rotatable bonds is 6. The Morgan fingerprint density at radius 3 is 2.52 bits per heavy atom. The van der Waals surface area contributed by atoms with Crippen molar-refractivity contribution in [1.82, 2.24) is 9.55 Å². The van der Waals surface area contributed by atoms with Gasteiger partial charge < -0.3 is 19.9 Å². The maximum Gasteiger partial charge on any atom is 0.335 e. The van der Waals surface area contributed by atoms with Gasteiger partial charge in [-0.2, -0.15) is 0 Å². The molecule has 1 heterocycles. The van der Waals surface area contributed by atoms with Crippen LogP contribution in [-0.4, -0.2) is 44.1 Å². The molecule has 2 rings (SSSR count). The van der Waals surface area contributed by atoms with Crippen molar-refractivity contribution < 1.29 is 20.1 Å². The van der Waals surface area contributed by atoms with Crippen molar-refractivity contribution in [3.8, 4) is 0 Å². The zero-order valence-corrected chi connectivity index (χ0v) is 12.2. The first-order valence-corrected chi connectivity index (χ1v) is 6.93. The summed E-state index contributed by atoms with van der Waals surface area (Å²) in [5.74, 6) is -0.267. The lowest BCUT2D eigenvalue weighted by Crippen LogP contribution is -2.39. The molecule has 0 saturated carbocycles. The average molecular weight is 292 g/mol. The maximum absolute atomic E-state index is 11.1. The average Bonchev–Trinajstić information content (AvgIpc) is 2.84. The standard InChI is InChI=1S/C15H20N2O4/c1-3-4-13-16-11-7-10(14(20)21)5-6-12(11)17(13)15(2,8-18)9-19/h5-7,18-19H,3-4,8-9H2,1-2H3,(H,20,21). The molecule has 6 heteroatoms. The number of carboxylic acid groups (broad SMARTS) is 1. The summed E-state index contributed by atoms with van der Waals surface area (Å²) in [4.78, 5) is 15.5. The smallest absolute Gasteiger partial charge is 0.335 e. The summed E-state index contributed by atoms with van der Waals surface area (Å²) < 4.78 is 1.82. The van der Waals surface area contributed by atoms with Crippen LogP contribution in [0.4, 0.5) is 0 Å². The van der Waals surface area contributed by atoms with Gasteiger partial charge in [0.15, 0.2) is 0 Å². The van der Waals surface area contributed by atoms with Gasteiger partial charge in [0.1, 0.15) is 5.82 Å². The molecule has 2 aromatic rings. The van der Waals surface area contributed by atoms with Crippen LogP contribution in [0.25, 0.3) is 11.0 Å². The predicted molar refractivity (Wildman–Crippen MR) is 78.5 cm³/mol. The van der Waals surface area contributed by atoms with Crippen molar-refractivity contribution >= 4 is 17.0 Å². The number of aryl methyl sites for hydroxylation is 1. The van der Waals surface area contributed by atoms with Gasteiger partial charge in [0, 0.05) is 6.42 Å². The fourth-order valence-electron chi connectivity index (χ4n) is 2.45. The van der Waals surface area contributed by atoms with E-state index in [9.17, 15) is 15.0 Å². The van der Waals surface area contributed by atoms with E-state index in [1.807, 2.05) is 11.5 Å². The molecule has 0 saturated heterocycles. The van der Waals surface area contributed by atoms with Gasteiger partial charge in [-0.15, -0.1) is 0 Å². The summed E-state index contributed by atoms with van der Waals surface area (Å²) in [6.45, 7) is 3.30. The van der Waals surface area contributed by atoms with Gasteiger partial charge in [-0.3, -0.25) is 0 Å². The molecular weight excluding hydrogens is 272 g/mol. The number of carbonyl (C=O) groups is 1. The minimum absolute atomic E-state index is 0.171. The van der Waals surface area contributed by atoms with E-state index in [1.54, 1.807) is 13.0 Å². The molecule has 0 aliphatic heterocycles. The molecule has 21 heavy (non-hydrogen) atoms. The summed E-state index contributed by atoms with van der Waals surface area (Å²) in [7, 11) is 0. The highest BCUT2D eigenvalue weighted by Gasteiger charge is 2.29. The molecule has 0 amide bonds. The highest BCUT2D eigenvalue weighted by Crippen LogP contribution is 2.27. The lowest BCUT2D eigenvalue weighted by molar-refractivity contribution is 0.0696. The van der Waals surface area contributed by atoms with Crippen LogP contribution >= 0.6 is 0 Å². The second kappa shape index (κ2) is 5.83. The van der Waals surface area contributed by atoms with Gasteiger partial charge in [0.05, 0.1) is 35.3 Å². The molecule has 3 N–H and O–H groups in total. The topological polar surface area (TPSA) is 95.6 Å². The number of nitrogens with zero attached hydrogens (tertiary/aromatic N) is 2. The molecule has 0 spiro atoms. The summed E-state index contributed by atoms with van der Waals surface area (Å²) in [6.07, 6.45) is 1.55. The summed E-state index contributed by atoms with van der Waals surface area (Å²) in [6, 6.07) is 4.70. The van der Waals surface area contributed by atoms with Gasteiger partial charge in [-0.05, 0) is 31.5 Å². The van der Waals surface area contributed by atoms with E-state index < -0.39 is 11.5 Å². The Morgan fingerprint density at radius 1 is 1.33 bits per heavy atom. The Hall–Kier alpha value is -1.92. The predicted octanol–water partition coefficient (Wildman–Crippen LogP) is 1.39. The molecule has 0 atom stereocenters. The Bertz CT molecular complexity index is 659. The highest BCUT2D eigenvalue weighted by molar-refractivity contribution is 5.92. The van der Waals surface area contributed by atoms with Gasteiger partial charge in [0.2, 0.25) is 0 Å². The van der Waals surface area contributed by atoms with E-state index in [4.69, 9.17) is 5.11 Å². The van der Waals surface area contributed by atoms with E-state index in [0.29, 0.717) is 17.5 Å². The molecule has 0 bridgehead atoms. The SMILES string of the molecule is CCCc1nc2cc(C(=O)O)ccc2n1C(C)(CO)CO. The largest absolute Gasteiger partial charge is 0.478 e. The molecular formula is C15H20N2O4. The first-order chi connectivity index (χ1) is 9.96. The van der Waals surface area contributed by atoms with Crippen LogP contribution in [0.5, 0.6) is 0 Å². The number of carboxylic acids is 1. The van der Waals surface area contributed by atoms with E-state index in [0.717, 1.165) is 12.2 Å². The number of benzene rings is 1. The molecule has 1 aromatic carbocycles. The molecule has 0 fully saturated rings. The van der Waals surface area contributed by atoms with Gasteiger partial charge in [-0.25, -0.2) is 9.78 Å². The number of aromatic nitrogens is 2. The Balaban J connectivity index is 2.71. The van der Waals surface area contributed by atoms with Crippen LogP contribution in [0.15, 0.2) is 18.2 Å². The fourth-order valence-corrected chi connectivity index (χ4v) is 2.45. The molecule has 6 nitrogen and oxygen atoms in total. The third kappa shape index (κ3) is 2.64. The Kier molecular flexibility index (Phi) is 4.29. The van der Waals surface area contributed by atoms with Crippen LogP contribution < -0.4 is 0 Å². The molecule has 0 aliphatic carbocycles. The molecule has 0 radical (unpaired) electrons.